The third-order valence-electron chi connectivity index (χ3n) is 4.88. The third-order valence-corrected chi connectivity index (χ3v) is 5.53. The molecule has 4 nitrogen and oxygen atoms in total. The Kier molecular flexibility index (Phi) is 3.74. The number of halogens is 2. The van der Waals surface area contributed by atoms with Gasteiger partial charge >= 0.3 is 0 Å². The van der Waals surface area contributed by atoms with Gasteiger partial charge in [-0.05, 0) is 24.5 Å². The molecular formula is C18H14Cl2N2O2. The number of para-hydroxylation sites is 1. The van der Waals surface area contributed by atoms with E-state index in [-0.39, 0.29) is 28.5 Å². The first kappa shape index (κ1) is 15.5. The minimum absolute atomic E-state index is 0.109. The normalized spacial score (nSPS) is 24.2. The second-order valence-electron chi connectivity index (χ2n) is 6.11. The molecule has 0 spiro atoms. The molecule has 24 heavy (non-hydrogen) atoms. The molecule has 2 aliphatic rings. The Balaban J connectivity index is 1.88. The van der Waals surface area contributed by atoms with Gasteiger partial charge in [-0.1, -0.05) is 53.6 Å². The fourth-order valence-electron chi connectivity index (χ4n) is 3.85. The summed E-state index contributed by atoms with van der Waals surface area (Å²) in [6, 6.07) is 10.3. The molecule has 4 rings (SSSR count). The lowest BCUT2D eigenvalue weighted by molar-refractivity contribution is -0.385. The molecule has 0 fully saturated rings. The average molecular weight is 361 g/mol. The second kappa shape index (κ2) is 5.80. The van der Waals surface area contributed by atoms with Crippen LogP contribution in [0.15, 0.2) is 48.6 Å². The lowest BCUT2D eigenvalue weighted by Gasteiger charge is -2.38. The number of rotatable bonds is 2. The molecule has 0 radical (unpaired) electrons. The Hall–Kier alpha value is -2.04. The van der Waals surface area contributed by atoms with Crippen molar-refractivity contribution in [3.63, 3.8) is 0 Å². The number of nitro groups is 1. The van der Waals surface area contributed by atoms with Gasteiger partial charge in [0.15, 0.2) is 0 Å². The molecule has 0 saturated carbocycles. The summed E-state index contributed by atoms with van der Waals surface area (Å²) < 4.78 is 0. The van der Waals surface area contributed by atoms with Gasteiger partial charge in [0, 0.05) is 22.6 Å². The number of anilines is 1. The highest BCUT2D eigenvalue weighted by atomic mass is 35.5. The lowest BCUT2D eigenvalue weighted by atomic mass is 9.76. The van der Waals surface area contributed by atoms with Gasteiger partial charge in [0.1, 0.15) is 0 Å². The molecule has 0 bridgehead atoms. The van der Waals surface area contributed by atoms with Crippen molar-refractivity contribution in [1.29, 1.82) is 0 Å². The van der Waals surface area contributed by atoms with Crippen LogP contribution in [0.5, 0.6) is 0 Å². The van der Waals surface area contributed by atoms with E-state index in [2.05, 4.69) is 17.5 Å². The number of nitrogens with zero attached hydrogens (tertiary/aromatic N) is 1. The highest BCUT2D eigenvalue weighted by molar-refractivity contribution is 6.36. The summed E-state index contributed by atoms with van der Waals surface area (Å²) in [5.74, 6) is 0.284. The number of fused-ring (bicyclic) bond motifs is 3. The number of benzene rings is 2. The summed E-state index contributed by atoms with van der Waals surface area (Å²) in [7, 11) is 0. The molecule has 3 unspecified atom stereocenters. The molecule has 1 aliphatic carbocycles. The van der Waals surface area contributed by atoms with Crippen LogP contribution in [0.4, 0.5) is 11.4 Å². The summed E-state index contributed by atoms with van der Waals surface area (Å²) in [4.78, 5) is 11.1. The smallest absolute Gasteiger partial charge is 0.274 e. The topological polar surface area (TPSA) is 55.2 Å². The fourth-order valence-corrected chi connectivity index (χ4v) is 4.36. The van der Waals surface area contributed by atoms with Crippen LogP contribution in [0.2, 0.25) is 10.0 Å². The van der Waals surface area contributed by atoms with Crippen LogP contribution in [-0.2, 0) is 0 Å². The summed E-state index contributed by atoms with van der Waals surface area (Å²) in [6.07, 6.45) is 5.09. The SMILES string of the molecule is O=[N+]([O-])c1ccccc1C1Nc2c(Cl)ccc(Cl)c2C2C=CCC21. The van der Waals surface area contributed by atoms with Crippen molar-refractivity contribution in [2.24, 2.45) is 5.92 Å². The molecule has 0 aromatic heterocycles. The summed E-state index contributed by atoms with van der Waals surface area (Å²) in [5, 5.41) is 16.1. The Morgan fingerprint density at radius 3 is 2.67 bits per heavy atom. The molecule has 0 saturated heterocycles. The van der Waals surface area contributed by atoms with E-state index in [0.29, 0.717) is 15.6 Å². The maximum Gasteiger partial charge on any atom is 0.274 e. The number of nitrogens with one attached hydrogen (secondary N) is 1. The standard InChI is InChI=1S/C18H14Cl2N2O2/c19-13-8-9-14(20)18-16(13)10-5-3-6-11(10)17(21-18)12-4-1-2-7-15(12)22(23)24/h1-5,7-11,17,21H,6H2. The molecule has 1 heterocycles. The first-order valence-corrected chi connectivity index (χ1v) is 8.48. The summed E-state index contributed by atoms with van der Waals surface area (Å²) in [5.41, 5.74) is 2.57. The van der Waals surface area contributed by atoms with E-state index in [9.17, 15) is 10.1 Å². The third kappa shape index (κ3) is 2.29. The first-order valence-electron chi connectivity index (χ1n) is 7.72. The minimum Gasteiger partial charge on any atom is -0.376 e. The monoisotopic (exact) mass is 360 g/mol. The Labute approximate surface area is 149 Å². The predicted molar refractivity (Wildman–Crippen MR) is 95.9 cm³/mol. The zero-order valence-corrected chi connectivity index (χ0v) is 14.1. The molecule has 1 aliphatic heterocycles. The quantitative estimate of drug-likeness (QED) is 0.422. The summed E-state index contributed by atoms with van der Waals surface area (Å²) >= 11 is 12.8. The van der Waals surface area contributed by atoms with Gasteiger partial charge in [-0.15, -0.1) is 0 Å². The van der Waals surface area contributed by atoms with Crippen LogP contribution < -0.4 is 5.32 Å². The zero-order valence-electron chi connectivity index (χ0n) is 12.6. The van der Waals surface area contributed by atoms with E-state index in [1.54, 1.807) is 24.3 Å². The van der Waals surface area contributed by atoms with E-state index in [1.165, 1.54) is 0 Å². The fraction of sp³-hybridized carbons (Fsp3) is 0.222. The highest BCUT2D eigenvalue weighted by Crippen LogP contribution is 2.54. The average Bonchev–Trinajstić information content (AvgIpc) is 3.06. The second-order valence-corrected chi connectivity index (χ2v) is 6.92. The van der Waals surface area contributed by atoms with E-state index < -0.39 is 0 Å². The maximum atomic E-state index is 11.4. The maximum absolute atomic E-state index is 11.4. The molecule has 2 aromatic rings. The van der Waals surface area contributed by atoms with Gasteiger partial charge in [-0.3, -0.25) is 10.1 Å². The Morgan fingerprint density at radius 2 is 1.88 bits per heavy atom. The molecule has 1 N–H and O–H groups in total. The first-order chi connectivity index (χ1) is 11.6. The van der Waals surface area contributed by atoms with Crippen molar-refractivity contribution >= 4 is 34.6 Å². The highest BCUT2D eigenvalue weighted by Gasteiger charge is 2.41. The Bertz CT molecular complexity index is 866. The van der Waals surface area contributed by atoms with E-state index in [4.69, 9.17) is 23.2 Å². The minimum atomic E-state index is -0.330. The van der Waals surface area contributed by atoms with Crippen molar-refractivity contribution in [1.82, 2.24) is 0 Å². The Morgan fingerprint density at radius 1 is 1.12 bits per heavy atom. The van der Waals surface area contributed by atoms with Crippen molar-refractivity contribution < 1.29 is 4.92 Å². The van der Waals surface area contributed by atoms with Crippen LogP contribution in [-0.4, -0.2) is 4.92 Å². The molecular weight excluding hydrogens is 347 g/mol. The molecule has 3 atom stereocenters. The molecule has 6 heteroatoms. The predicted octanol–water partition coefficient (Wildman–Crippen LogP) is 5.73. The van der Waals surface area contributed by atoms with Crippen molar-refractivity contribution in [2.75, 3.05) is 5.32 Å². The van der Waals surface area contributed by atoms with Gasteiger partial charge in [0.2, 0.25) is 0 Å². The van der Waals surface area contributed by atoms with E-state index in [0.717, 1.165) is 17.7 Å². The number of hydrogen-bond acceptors (Lipinski definition) is 3. The largest absolute Gasteiger partial charge is 0.376 e. The zero-order chi connectivity index (χ0) is 16.8. The van der Waals surface area contributed by atoms with Gasteiger partial charge < -0.3 is 5.32 Å². The van der Waals surface area contributed by atoms with E-state index in [1.807, 2.05) is 12.1 Å². The van der Waals surface area contributed by atoms with Crippen LogP contribution >= 0.6 is 23.2 Å². The van der Waals surface area contributed by atoms with Gasteiger partial charge in [0.25, 0.3) is 5.69 Å². The van der Waals surface area contributed by atoms with Crippen molar-refractivity contribution in [3.8, 4) is 0 Å². The lowest BCUT2D eigenvalue weighted by Crippen LogP contribution is -2.30. The van der Waals surface area contributed by atoms with Crippen molar-refractivity contribution in [3.05, 3.63) is 79.8 Å². The van der Waals surface area contributed by atoms with Crippen LogP contribution in [0.3, 0.4) is 0 Å². The van der Waals surface area contributed by atoms with Crippen LogP contribution in [0, 0.1) is 16.0 Å². The van der Waals surface area contributed by atoms with Crippen LogP contribution in [0.25, 0.3) is 0 Å². The summed E-state index contributed by atoms with van der Waals surface area (Å²) in [6.45, 7) is 0. The van der Waals surface area contributed by atoms with Crippen LogP contribution in [0.1, 0.15) is 29.5 Å². The van der Waals surface area contributed by atoms with E-state index >= 15 is 0 Å². The number of allylic oxidation sites excluding steroid dienone is 2. The molecule has 122 valence electrons. The number of nitro benzene ring substituents is 1. The van der Waals surface area contributed by atoms with Gasteiger partial charge in [-0.25, -0.2) is 0 Å². The van der Waals surface area contributed by atoms with Crippen molar-refractivity contribution in [2.45, 2.75) is 18.4 Å². The molecule has 2 aromatic carbocycles. The number of hydrogen-bond donors (Lipinski definition) is 1. The van der Waals surface area contributed by atoms with Gasteiger partial charge in [0.05, 0.1) is 27.2 Å². The van der Waals surface area contributed by atoms with Gasteiger partial charge in [-0.2, -0.15) is 0 Å². The molecule has 0 amide bonds.